The molecule has 1 aromatic carbocycles. The van der Waals surface area contributed by atoms with Gasteiger partial charge in [0.25, 0.3) is 0 Å². The Morgan fingerprint density at radius 3 is 2.58 bits per heavy atom. The number of nitrogens with zero attached hydrogens (tertiary/aromatic N) is 1. The molecule has 1 amide bonds. The summed E-state index contributed by atoms with van der Waals surface area (Å²) in [7, 11) is 0. The summed E-state index contributed by atoms with van der Waals surface area (Å²) in [5.74, 6) is 0.735. The second-order valence-corrected chi connectivity index (χ2v) is 5.43. The molecule has 1 saturated carbocycles. The number of hydrogen-bond donors (Lipinski definition) is 1. The molecule has 0 spiro atoms. The third-order valence-corrected chi connectivity index (χ3v) is 3.72. The summed E-state index contributed by atoms with van der Waals surface area (Å²) in [4.78, 5) is 14.7. The highest BCUT2D eigenvalue weighted by molar-refractivity contribution is 5.84. The van der Waals surface area contributed by atoms with Crippen molar-refractivity contribution in [1.82, 2.24) is 4.90 Å². The van der Waals surface area contributed by atoms with Crippen molar-refractivity contribution in [2.45, 2.75) is 32.1 Å². The van der Waals surface area contributed by atoms with Crippen molar-refractivity contribution in [1.29, 1.82) is 0 Å². The topological polar surface area (TPSA) is 46.3 Å². The Bertz CT molecular complexity index is 400. The fourth-order valence-electron chi connectivity index (χ4n) is 2.46. The van der Waals surface area contributed by atoms with Gasteiger partial charge in [-0.1, -0.05) is 37.3 Å². The SMILES string of the molecule is CCCN(CC1CC1)C(=O)C(CN)c1ccccc1. The molecule has 3 heteroatoms. The summed E-state index contributed by atoms with van der Waals surface area (Å²) in [5.41, 5.74) is 6.87. The normalized spacial score (nSPS) is 16.1. The Balaban J connectivity index is 2.08. The molecule has 0 aromatic heterocycles. The van der Waals surface area contributed by atoms with Gasteiger partial charge in [0, 0.05) is 19.6 Å². The molecule has 1 aliphatic carbocycles. The largest absolute Gasteiger partial charge is 0.342 e. The second-order valence-electron chi connectivity index (χ2n) is 5.43. The van der Waals surface area contributed by atoms with Gasteiger partial charge in [-0.05, 0) is 30.7 Å². The Morgan fingerprint density at radius 2 is 2.05 bits per heavy atom. The lowest BCUT2D eigenvalue weighted by Crippen LogP contribution is -2.39. The zero-order valence-corrected chi connectivity index (χ0v) is 11.7. The minimum Gasteiger partial charge on any atom is -0.342 e. The van der Waals surface area contributed by atoms with Crippen LogP contribution >= 0.6 is 0 Å². The highest BCUT2D eigenvalue weighted by Gasteiger charge is 2.30. The minimum absolute atomic E-state index is 0.188. The average molecular weight is 260 g/mol. The molecule has 0 heterocycles. The van der Waals surface area contributed by atoms with Gasteiger partial charge >= 0.3 is 0 Å². The first kappa shape index (κ1) is 14.1. The highest BCUT2D eigenvalue weighted by atomic mass is 16.2. The van der Waals surface area contributed by atoms with E-state index in [0.717, 1.165) is 31.0 Å². The summed E-state index contributed by atoms with van der Waals surface area (Å²) in [6.07, 6.45) is 3.54. The fourth-order valence-corrected chi connectivity index (χ4v) is 2.46. The number of amides is 1. The van der Waals surface area contributed by atoms with Gasteiger partial charge in [-0.25, -0.2) is 0 Å². The summed E-state index contributed by atoms with van der Waals surface area (Å²) in [6, 6.07) is 9.90. The van der Waals surface area contributed by atoms with E-state index in [-0.39, 0.29) is 11.8 Å². The number of hydrogen-bond acceptors (Lipinski definition) is 2. The van der Waals surface area contributed by atoms with E-state index < -0.39 is 0 Å². The zero-order chi connectivity index (χ0) is 13.7. The van der Waals surface area contributed by atoms with Gasteiger partial charge < -0.3 is 10.6 Å². The van der Waals surface area contributed by atoms with E-state index in [0.29, 0.717) is 6.54 Å². The first-order valence-electron chi connectivity index (χ1n) is 7.30. The van der Waals surface area contributed by atoms with Crippen LogP contribution in [0.4, 0.5) is 0 Å². The fraction of sp³-hybridized carbons (Fsp3) is 0.562. The predicted octanol–water partition coefficient (Wildman–Crippen LogP) is 2.38. The lowest BCUT2D eigenvalue weighted by Gasteiger charge is -2.27. The van der Waals surface area contributed by atoms with Crippen molar-refractivity contribution in [2.24, 2.45) is 11.7 Å². The predicted molar refractivity (Wildman–Crippen MR) is 77.8 cm³/mol. The Kier molecular flexibility index (Phi) is 4.97. The van der Waals surface area contributed by atoms with Crippen molar-refractivity contribution < 1.29 is 4.79 Å². The molecule has 104 valence electrons. The zero-order valence-electron chi connectivity index (χ0n) is 11.7. The molecule has 2 N–H and O–H groups in total. The number of carbonyl (C=O) groups excluding carboxylic acids is 1. The molecule has 0 saturated heterocycles. The monoisotopic (exact) mass is 260 g/mol. The maximum Gasteiger partial charge on any atom is 0.231 e. The van der Waals surface area contributed by atoms with Crippen molar-refractivity contribution >= 4 is 5.91 Å². The third-order valence-electron chi connectivity index (χ3n) is 3.72. The number of carbonyl (C=O) groups is 1. The van der Waals surface area contributed by atoms with Crippen LogP contribution in [0.5, 0.6) is 0 Å². The van der Waals surface area contributed by atoms with Crippen LogP contribution in [-0.2, 0) is 4.79 Å². The third kappa shape index (κ3) is 3.80. The summed E-state index contributed by atoms with van der Waals surface area (Å²) in [5, 5.41) is 0. The van der Waals surface area contributed by atoms with E-state index in [1.165, 1.54) is 12.8 Å². The Labute approximate surface area is 115 Å². The minimum atomic E-state index is -0.188. The standard InChI is InChI=1S/C16H24N2O/c1-2-10-18(12-13-8-9-13)16(19)15(11-17)14-6-4-3-5-7-14/h3-7,13,15H,2,8-12,17H2,1H3. The van der Waals surface area contributed by atoms with Gasteiger partial charge in [-0.2, -0.15) is 0 Å². The van der Waals surface area contributed by atoms with Crippen LogP contribution in [0.25, 0.3) is 0 Å². The number of benzene rings is 1. The molecular formula is C16H24N2O. The highest BCUT2D eigenvalue weighted by Crippen LogP contribution is 2.30. The molecule has 0 bridgehead atoms. The second kappa shape index (κ2) is 6.71. The van der Waals surface area contributed by atoms with E-state index in [4.69, 9.17) is 5.73 Å². The lowest BCUT2D eigenvalue weighted by molar-refractivity contribution is -0.132. The maximum absolute atomic E-state index is 12.7. The molecule has 0 aliphatic heterocycles. The van der Waals surface area contributed by atoms with Crippen LogP contribution in [0.15, 0.2) is 30.3 Å². The van der Waals surface area contributed by atoms with E-state index in [9.17, 15) is 4.79 Å². The first-order valence-corrected chi connectivity index (χ1v) is 7.30. The van der Waals surface area contributed by atoms with Crippen molar-refractivity contribution in [3.05, 3.63) is 35.9 Å². The van der Waals surface area contributed by atoms with Gasteiger partial charge in [0.15, 0.2) is 0 Å². The number of nitrogens with two attached hydrogens (primary N) is 1. The smallest absolute Gasteiger partial charge is 0.231 e. The quantitative estimate of drug-likeness (QED) is 0.818. The molecule has 3 nitrogen and oxygen atoms in total. The molecular weight excluding hydrogens is 236 g/mol. The van der Waals surface area contributed by atoms with Crippen molar-refractivity contribution in [2.75, 3.05) is 19.6 Å². The molecule has 0 radical (unpaired) electrons. The molecule has 1 fully saturated rings. The summed E-state index contributed by atoms with van der Waals surface area (Å²) in [6.45, 7) is 4.26. The van der Waals surface area contributed by atoms with Crippen LogP contribution in [0.2, 0.25) is 0 Å². The van der Waals surface area contributed by atoms with E-state index >= 15 is 0 Å². The average Bonchev–Trinajstić information content (AvgIpc) is 3.24. The van der Waals surface area contributed by atoms with Gasteiger partial charge in [-0.3, -0.25) is 4.79 Å². The first-order chi connectivity index (χ1) is 9.26. The summed E-state index contributed by atoms with van der Waals surface area (Å²) >= 11 is 0. The van der Waals surface area contributed by atoms with Gasteiger partial charge in [0.1, 0.15) is 0 Å². The van der Waals surface area contributed by atoms with E-state index in [1.54, 1.807) is 0 Å². The van der Waals surface area contributed by atoms with Crippen LogP contribution in [0.3, 0.4) is 0 Å². The maximum atomic E-state index is 12.7. The van der Waals surface area contributed by atoms with Gasteiger partial charge in [0.2, 0.25) is 5.91 Å². The van der Waals surface area contributed by atoms with Crippen molar-refractivity contribution in [3.8, 4) is 0 Å². The molecule has 1 unspecified atom stereocenters. The molecule has 2 rings (SSSR count). The van der Waals surface area contributed by atoms with Crippen LogP contribution < -0.4 is 5.73 Å². The lowest BCUT2D eigenvalue weighted by atomic mass is 9.97. The van der Waals surface area contributed by atoms with E-state index in [1.807, 2.05) is 35.2 Å². The summed E-state index contributed by atoms with van der Waals surface area (Å²) < 4.78 is 0. The Morgan fingerprint density at radius 1 is 1.37 bits per heavy atom. The molecule has 19 heavy (non-hydrogen) atoms. The number of rotatable bonds is 7. The van der Waals surface area contributed by atoms with Crippen LogP contribution in [-0.4, -0.2) is 30.4 Å². The van der Waals surface area contributed by atoms with Crippen molar-refractivity contribution in [3.63, 3.8) is 0 Å². The van der Waals surface area contributed by atoms with Gasteiger partial charge in [0.05, 0.1) is 5.92 Å². The molecule has 1 atom stereocenters. The molecule has 1 aromatic rings. The molecule has 1 aliphatic rings. The van der Waals surface area contributed by atoms with E-state index in [2.05, 4.69) is 6.92 Å². The van der Waals surface area contributed by atoms with Crippen LogP contribution in [0, 0.1) is 5.92 Å². The van der Waals surface area contributed by atoms with Crippen LogP contribution in [0.1, 0.15) is 37.7 Å². The Hall–Kier alpha value is -1.35. The van der Waals surface area contributed by atoms with Gasteiger partial charge in [-0.15, -0.1) is 0 Å².